The van der Waals surface area contributed by atoms with Crippen LogP contribution in [0.3, 0.4) is 0 Å². The molecule has 2 heterocycles. The van der Waals surface area contributed by atoms with E-state index in [9.17, 15) is 4.79 Å². The molecule has 0 aliphatic carbocycles. The van der Waals surface area contributed by atoms with Gasteiger partial charge in [-0.3, -0.25) is 14.8 Å². The molecule has 1 aromatic heterocycles. The molecule has 1 fully saturated rings. The van der Waals surface area contributed by atoms with Gasteiger partial charge in [0.25, 0.3) is 0 Å². The number of carbonyl (C=O) groups excluding carboxylic acids is 1. The van der Waals surface area contributed by atoms with E-state index in [1.54, 1.807) is 19.5 Å². The van der Waals surface area contributed by atoms with E-state index >= 15 is 0 Å². The van der Waals surface area contributed by atoms with E-state index in [0.717, 1.165) is 74.2 Å². The summed E-state index contributed by atoms with van der Waals surface area (Å²) in [6.45, 7) is 5.21. The predicted octanol–water partition coefficient (Wildman–Crippen LogP) is 4.21. The smallest absolute Gasteiger partial charge is 0.225 e. The third-order valence-electron chi connectivity index (χ3n) is 7.02. The lowest BCUT2D eigenvalue weighted by atomic mass is 10.00. The van der Waals surface area contributed by atoms with Crippen molar-refractivity contribution in [2.24, 2.45) is 16.6 Å². The average Bonchev–Trinajstić information content (AvgIpc) is 2.97. The van der Waals surface area contributed by atoms with Gasteiger partial charge in [-0.15, -0.1) is 0 Å². The predicted molar refractivity (Wildman–Crippen MR) is 153 cm³/mol. The van der Waals surface area contributed by atoms with Crippen molar-refractivity contribution in [3.05, 3.63) is 72.2 Å². The van der Waals surface area contributed by atoms with Crippen LogP contribution in [0.5, 0.6) is 5.75 Å². The highest BCUT2D eigenvalue weighted by Crippen LogP contribution is 2.19. The number of amides is 1. The normalized spacial score (nSPS) is 15.7. The maximum absolute atomic E-state index is 13.0. The van der Waals surface area contributed by atoms with Crippen LogP contribution in [0.4, 0.5) is 0 Å². The first kappa shape index (κ1) is 27.3. The van der Waals surface area contributed by atoms with Gasteiger partial charge in [-0.1, -0.05) is 31.2 Å². The van der Waals surface area contributed by atoms with Crippen LogP contribution in [0.15, 0.2) is 65.9 Å². The van der Waals surface area contributed by atoms with Gasteiger partial charge in [-0.2, -0.15) is 0 Å². The number of likely N-dealkylation sites (tertiary alicyclic amines) is 1. The second kappa shape index (κ2) is 13.7. The second-order valence-electron chi connectivity index (χ2n) is 9.77. The largest absolute Gasteiger partial charge is 0.497 e. The molecule has 3 aromatic rings. The van der Waals surface area contributed by atoms with Gasteiger partial charge >= 0.3 is 0 Å². The van der Waals surface area contributed by atoms with Crippen LogP contribution in [-0.2, 0) is 11.3 Å². The van der Waals surface area contributed by atoms with E-state index in [-0.39, 0.29) is 17.9 Å². The van der Waals surface area contributed by atoms with Crippen LogP contribution in [0, 0.1) is 5.92 Å². The van der Waals surface area contributed by atoms with E-state index < -0.39 is 0 Å². The number of nitrogens with two attached hydrogens (primary N) is 1. The number of hydrogen-bond acceptors (Lipinski definition) is 7. The summed E-state index contributed by atoms with van der Waals surface area (Å²) in [6, 6.07) is 16.0. The lowest BCUT2D eigenvalue weighted by Gasteiger charge is -2.32. The first-order valence-electron chi connectivity index (χ1n) is 13.4. The Morgan fingerprint density at radius 3 is 2.63 bits per heavy atom. The number of rotatable bonds is 11. The Labute approximate surface area is 225 Å². The summed E-state index contributed by atoms with van der Waals surface area (Å²) >= 11 is 0. The molecule has 1 aliphatic rings. The summed E-state index contributed by atoms with van der Waals surface area (Å²) in [6.07, 6.45) is 8.58. The summed E-state index contributed by atoms with van der Waals surface area (Å²) < 4.78 is 5.20. The molecule has 4 rings (SSSR count). The Bertz CT molecular complexity index is 1250. The van der Waals surface area contributed by atoms with E-state index in [1.807, 2.05) is 48.2 Å². The van der Waals surface area contributed by atoms with Crippen LogP contribution < -0.4 is 15.8 Å². The Kier molecular flexibility index (Phi) is 9.81. The number of para-hydroxylation sites is 2. The molecular formula is C30H38N6O2. The zero-order valence-corrected chi connectivity index (χ0v) is 22.3. The van der Waals surface area contributed by atoms with E-state index in [0.29, 0.717) is 5.69 Å². The standard InChI is InChI=1S/C30H38N6O2/c1-22(6-5-15-32-19-23-9-11-26(38-2)12-10-23)30(37)36-16-13-25(14-17-36)33-20-24(18-31)29-21-34-27-7-3-4-8-28(27)35-29/h3-4,7-12,18,20-22,25,32H,5-6,13-17,19,31H2,1-2H3. The molecule has 200 valence electrons. The Hall–Kier alpha value is -3.78. The Morgan fingerprint density at radius 2 is 1.92 bits per heavy atom. The summed E-state index contributed by atoms with van der Waals surface area (Å²) in [5.74, 6) is 1.14. The number of methoxy groups -OCH3 is 1. The molecular weight excluding hydrogens is 476 g/mol. The lowest BCUT2D eigenvalue weighted by Crippen LogP contribution is -2.42. The van der Waals surface area contributed by atoms with Gasteiger partial charge < -0.3 is 20.7 Å². The number of aliphatic imine (C=N–C) groups is 1. The highest BCUT2D eigenvalue weighted by Gasteiger charge is 2.25. The Balaban J connectivity index is 1.17. The minimum Gasteiger partial charge on any atom is -0.497 e. The number of benzene rings is 2. The van der Waals surface area contributed by atoms with Gasteiger partial charge in [0.15, 0.2) is 0 Å². The minimum atomic E-state index is 0.0242. The molecule has 0 radical (unpaired) electrons. The third kappa shape index (κ3) is 7.38. The number of nitrogens with zero attached hydrogens (tertiary/aromatic N) is 4. The van der Waals surface area contributed by atoms with Crippen molar-refractivity contribution >= 4 is 28.7 Å². The molecule has 1 aliphatic heterocycles. The van der Waals surface area contributed by atoms with Crippen LogP contribution in [0.2, 0.25) is 0 Å². The number of piperidine rings is 1. The van der Waals surface area contributed by atoms with Crippen molar-refractivity contribution < 1.29 is 9.53 Å². The monoisotopic (exact) mass is 514 g/mol. The maximum atomic E-state index is 13.0. The molecule has 0 saturated carbocycles. The van der Waals surface area contributed by atoms with Gasteiger partial charge in [-0.25, -0.2) is 4.98 Å². The Morgan fingerprint density at radius 1 is 1.18 bits per heavy atom. The molecule has 8 nitrogen and oxygen atoms in total. The fourth-order valence-corrected chi connectivity index (χ4v) is 4.66. The van der Waals surface area contributed by atoms with E-state index in [2.05, 4.69) is 27.4 Å². The molecule has 1 saturated heterocycles. The highest BCUT2D eigenvalue weighted by atomic mass is 16.5. The summed E-state index contributed by atoms with van der Waals surface area (Å²) in [7, 11) is 1.67. The van der Waals surface area contributed by atoms with Gasteiger partial charge in [0.1, 0.15) is 5.75 Å². The zero-order chi connectivity index (χ0) is 26.7. The van der Waals surface area contributed by atoms with Gasteiger partial charge in [0.2, 0.25) is 5.91 Å². The fourth-order valence-electron chi connectivity index (χ4n) is 4.66. The van der Waals surface area contributed by atoms with Crippen molar-refractivity contribution in [1.82, 2.24) is 20.2 Å². The first-order valence-corrected chi connectivity index (χ1v) is 13.4. The maximum Gasteiger partial charge on any atom is 0.225 e. The van der Waals surface area contributed by atoms with Gasteiger partial charge in [0, 0.05) is 43.5 Å². The number of allylic oxidation sites excluding steroid dienone is 1. The number of nitrogens with one attached hydrogen (secondary N) is 1. The number of hydrogen-bond donors (Lipinski definition) is 2. The van der Waals surface area contributed by atoms with Crippen molar-refractivity contribution in [3.63, 3.8) is 0 Å². The topological polar surface area (TPSA) is 106 Å². The van der Waals surface area contributed by atoms with Crippen LogP contribution in [0.1, 0.15) is 43.9 Å². The quantitative estimate of drug-likeness (QED) is 0.293. The fraction of sp³-hybridized carbons (Fsp3) is 0.400. The molecule has 3 N–H and O–H groups in total. The van der Waals surface area contributed by atoms with Gasteiger partial charge in [-0.05, 0) is 62.1 Å². The van der Waals surface area contributed by atoms with Crippen molar-refractivity contribution in [2.75, 3.05) is 26.7 Å². The minimum absolute atomic E-state index is 0.0242. The van der Waals surface area contributed by atoms with E-state index in [4.69, 9.17) is 15.5 Å². The molecule has 1 amide bonds. The van der Waals surface area contributed by atoms with Crippen LogP contribution in [0.25, 0.3) is 16.6 Å². The van der Waals surface area contributed by atoms with Crippen molar-refractivity contribution in [2.45, 2.75) is 45.2 Å². The van der Waals surface area contributed by atoms with Crippen LogP contribution >= 0.6 is 0 Å². The highest BCUT2D eigenvalue weighted by molar-refractivity contribution is 6.09. The summed E-state index contributed by atoms with van der Waals surface area (Å²) in [4.78, 5) is 28.9. The second-order valence-corrected chi connectivity index (χ2v) is 9.77. The average molecular weight is 515 g/mol. The first-order chi connectivity index (χ1) is 18.6. The third-order valence-corrected chi connectivity index (χ3v) is 7.02. The van der Waals surface area contributed by atoms with Crippen LogP contribution in [-0.4, -0.2) is 59.8 Å². The summed E-state index contributed by atoms with van der Waals surface area (Å²) in [5, 5.41) is 3.46. The SMILES string of the molecule is COc1ccc(CNCCCC(C)C(=O)N2CCC(N=CC(=CN)c3cnc4ccccc4n3)CC2)cc1. The zero-order valence-electron chi connectivity index (χ0n) is 22.3. The molecule has 2 aromatic carbocycles. The molecule has 1 unspecified atom stereocenters. The number of aromatic nitrogens is 2. The van der Waals surface area contributed by atoms with E-state index in [1.165, 1.54) is 11.8 Å². The molecule has 1 atom stereocenters. The molecule has 8 heteroatoms. The van der Waals surface area contributed by atoms with Crippen molar-refractivity contribution in [1.29, 1.82) is 0 Å². The van der Waals surface area contributed by atoms with Gasteiger partial charge in [0.05, 0.1) is 36.1 Å². The summed E-state index contributed by atoms with van der Waals surface area (Å²) in [5.41, 5.74) is 10.2. The number of fused-ring (bicyclic) bond motifs is 1. The molecule has 0 bridgehead atoms. The lowest BCUT2D eigenvalue weighted by molar-refractivity contribution is -0.136. The number of ether oxygens (including phenoxy) is 1. The molecule has 38 heavy (non-hydrogen) atoms. The number of carbonyl (C=O) groups is 1. The van der Waals surface area contributed by atoms with Crippen molar-refractivity contribution in [3.8, 4) is 5.75 Å². The molecule has 0 spiro atoms.